The minimum atomic E-state index is -1.59. The second-order valence-electron chi connectivity index (χ2n) is 2.80. The quantitative estimate of drug-likeness (QED) is 0.539. The Morgan fingerprint density at radius 1 is 1.31 bits per heavy atom. The molecule has 0 amide bonds. The van der Waals surface area contributed by atoms with Crippen LogP contribution in [0.1, 0.15) is 0 Å². The number of fused-ring (bicyclic) bond motifs is 1. The summed E-state index contributed by atoms with van der Waals surface area (Å²) in [7, 11) is -1.59. The van der Waals surface area contributed by atoms with Gasteiger partial charge in [0.15, 0.2) is 0 Å². The predicted octanol–water partition coefficient (Wildman–Crippen LogP) is -0.0132. The van der Waals surface area contributed by atoms with E-state index in [0.717, 1.165) is 0 Å². The molecule has 5 heteroatoms. The second kappa shape index (κ2) is 2.87. The fraction of sp³-hybridized carbons (Fsp3) is 0. The molecular weight excluding hydrogens is 172 g/mol. The predicted molar refractivity (Wildman–Crippen MR) is 48.1 cm³/mol. The molecule has 0 aliphatic rings. The minimum absolute atomic E-state index is 0.195. The second-order valence-corrected chi connectivity index (χ2v) is 2.80. The van der Waals surface area contributed by atoms with Crippen LogP contribution in [-0.4, -0.2) is 22.2 Å². The molecule has 0 radical (unpaired) electrons. The summed E-state index contributed by atoms with van der Waals surface area (Å²) in [5.41, 5.74) is 0.753. The number of aromatic amines is 1. The van der Waals surface area contributed by atoms with Gasteiger partial charge in [-0.1, -0.05) is 6.07 Å². The van der Waals surface area contributed by atoms with Gasteiger partial charge in [-0.05, 0) is 18.2 Å². The van der Waals surface area contributed by atoms with Crippen molar-refractivity contribution in [2.45, 2.75) is 0 Å². The van der Waals surface area contributed by atoms with Crippen LogP contribution in [0.4, 0.5) is 4.39 Å². The molecule has 0 spiro atoms. The Bertz CT molecular complexity index is 441. The first-order valence-corrected chi connectivity index (χ1v) is 3.82. The van der Waals surface area contributed by atoms with Gasteiger partial charge in [0.2, 0.25) is 0 Å². The molecular formula is C8H7BFNO2. The van der Waals surface area contributed by atoms with Crippen molar-refractivity contribution in [3.05, 3.63) is 30.1 Å². The van der Waals surface area contributed by atoms with Crippen LogP contribution >= 0.6 is 0 Å². The van der Waals surface area contributed by atoms with Gasteiger partial charge in [0.05, 0.1) is 0 Å². The number of halogens is 1. The van der Waals surface area contributed by atoms with Crippen molar-refractivity contribution in [2.75, 3.05) is 0 Å². The zero-order valence-electron chi connectivity index (χ0n) is 6.66. The van der Waals surface area contributed by atoms with Gasteiger partial charge >= 0.3 is 7.12 Å². The highest BCUT2D eigenvalue weighted by atomic mass is 19.1. The van der Waals surface area contributed by atoms with Crippen molar-refractivity contribution in [2.24, 2.45) is 0 Å². The van der Waals surface area contributed by atoms with Gasteiger partial charge in [-0.2, -0.15) is 0 Å². The summed E-state index contributed by atoms with van der Waals surface area (Å²) in [4.78, 5) is 2.70. The summed E-state index contributed by atoms with van der Waals surface area (Å²) >= 11 is 0. The van der Waals surface area contributed by atoms with E-state index in [9.17, 15) is 4.39 Å². The van der Waals surface area contributed by atoms with E-state index >= 15 is 0 Å². The minimum Gasteiger partial charge on any atom is -0.422 e. The number of benzene rings is 1. The summed E-state index contributed by atoms with van der Waals surface area (Å²) < 4.78 is 13.1. The number of nitrogens with one attached hydrogen (secondary N) is 1. The van der Waals surface area contributed by atoms with E-state index in [1.54, 1.807) is 12.1 Å². The van der Waals surface area contributed by atoms with Crippen LogP contribution in [0.2, 0.25) is 0 Å². The van der Waals surface area contributed by atoms with Crippen molar-refractivity contribution in [3.8, 4) is 0 Å². The fourth-order valence-electron chi connectivity index (χ4n) is 1.28. The Labute approximate surface area is 74.0 Å². The maximum absolute atomic E-state index is 13.1. The Hall–Kier alpha value is -1.33. The van der Waals surface area contributed by atoms with E-state index in [4.69, 9.17) is 10.0 Å². The molecule has 0 bridgehead atoms. The Balaban J connectivity index is 2.68. The lowest BCUT2D eigenvalue weighted by Crippen LogP contribution is -2.30. The van der Waals surface area contributed by atoms with E-state index in [-0.39, 0.29) is 11.4 Å². The highest BCUT2D eigenvalue weighted by Gasteiger charge is 2.14. The molecule has 1 aromatic carbocycles. The molecule has 2 rings (SSSR count). The van der Waals surface area contributed by atoms with Crippen molar-refractivity contribution in [1.29, 1.82) is 0 Å². The van der Waals surface area contributed by atoms with E-state index in [1.807, 2.05) is 0 Å². The molecule has 3 N–H and O–H groups in total. The third-order valence-corrected chi connectivity index (χ3v) is 1.91. The highest BCUT2D eigenvalue weighted by Crippen LogP contribution is 2.14. The zero-order valence-corrected chi connectivity index (χ0v) is 6.66. The maximum atomic E-state index is 13.1. The van der Waals surface area contributed by atoms with Gasteiger partial charge < -0.3 is 15.0 Å². The lowest BCUT2D eigenvalue weighted by atomic mass is 9.86. The molecule has 0 saturated carbocycles. The molecule has 1 heterocycles. The molecule has 66 valence electrons. The smallest absolute Gasteiger partial charge is 0.422 e. The van der Waals surface area contributed by atoms with Crippen LogP contribution in [0, 0.1) is 5.82 Å². The monoisotopic (exact) mass is 179 g/mol. The first kappa shape index (κ1) is 8.28. The van der Waals surface area contributed by atoms with Crippen molar-refractivity contribution < 1.29 is 14.4 Å². The summed E-state index contributed by atoms with van der Waals surface area (Å²) in [6.07, 6.45) is 0. The van der Waals surface area contributed by atoms with Gasteiger partial charge in [0, 0.05) is 16.5 Å². The first-order chi connectivity index (χ1) is 6.18. The lowest BCUT2D eigenvalue weighted by Gasteiger charge is -1.90. The van der Waals surface area contributed by atoms with Crippen LogP contribution in [-0.2, 0) is 0 Å². The summed E-state index contributed by atoms with van der Waals surface area (Å²) in [5, 5.41) is 18.0. The first-order valence-electron chi connectivity index (χ1n) is 3.82. The van der Waals surface area contributed by atoms with Gasteiger partial charge in [0.25, 0.3) is 0 Å². The topological polar surface area (TPSA) is 56.2 Å². The van der Waals surface area contributed by atoms with Gasteiger partial charge in [0.1, 0.15) is 5.82 Å². The molecule has 0 saturated heterocycles. The van der Waals surface area contributed by atoms with Gasteiger partial charge in [-0.15, -0.1) is 0 Å². The summed E-state index contributed by atoms with van der Waals surface area (Å²) in [6.45, 7) is 0. The molecule has 0 aliphatic carbocycles. The normalized spacial score (nSPS) is 10.7. The molecule has 0 aliphatic heterocycles. The Morgan fingerprint density at radius 2 is 2.08 bits per heavy atom. The molecule has 2 aromatic rings. The third kappa shape index (κ3) is 1.32. The third-order valence-electron chi connectivity index (χ3n) is 1.91. The average Bonchev–Trinajstić information content (AvgIpc) is 2.49. The fourth-order valence-corrected chi connectivity index (χ4v) is 1.28. The largest absolute Gasteiger partial charge is 0.505 e. The summed E-state index contributed by atoms with van der Waals surface area (Å²) in [6, 6.07) is 5.94. The molecule has 3 nitrogen and oxygen atoms in total. The van der Waals surface area contributed by atoms with Crippen LogP contribution in [0.3, 0.4) is 0 Å². The summed E-state index contributed by atoms with van der Waals surface area (Å²) in [5.74, 6) is -0.374. The number of aromatic nitrogens is 1. The lowest BCUT2D eigenvalue weighted by molar-refractivity contribution is 0.424. The average molecular weight is 179 g/mol. The van der Waals surface area contributed by atoms with E-state index in [1.165, 1.54) is 12.1 Å². The Morgan fingerprint density at radius 3 is 2.69 bits per heavy atom. The van der Waals surface area contributed by atoms with E-state index in [2.05, 4.69) is 4.98 Å². The number of hydrogen-bond acceptors (Lipinski definition) is 2. The zero-order chi connectivity index (χ0) is 9.42. The number of rotatable bonds is 1. The van der Waals surface area contributed by atoms with Gasteiger partial charge in [-0.25, -0.2) is 4.39 Å². The molecule has 0 fully saturated rings. The maximum Gasteiger partial charge on any atom is 0.505 e. The molecule has 0 unspecified atom stereocenters. The van der Waals surface area contributed by atoms with E-state index < -0.39 is 7.12 Å². The molecule has 13 heavy (non-hydrogen) atoms. The molecule has 1 aromatic heterocycles. The Kier molecular flexibility index (Phi) is 1.83. The van der Waals surface area contributed by atoms with Crippen LogP contribution in [0.5, 0.6) is 0 Å². The molecule has 0 atom stereocenters. The SMILES string of the molecule is OB(O)c1cc2c(F)cccc2[nH]1. The van der Waals surface area contributed by atoms with Crippen molar-refractivity contribution in [1.82, 2.24) is 4.98 Å². The highest BCUT2D eigenvalue weighted by molar-refractivity contribution is 6.58. The standard InChI is InChI=1S/C8H7BFNO2/c10-6-2-1-3-7-5(6)4-8(11-7)9(12)13/h1-4,11-13H. The van der Waals surface area contributed by atoms with Crippen LogP contribution in [0.25, 0.3) is 10.9 Å². The van der Waals surface area contributed by atoms with Crippen molar-refractivity contribution in [3.63, 3.8) is 0 Å². The van der Waals surface area contributed by atoms with Gasteiger partial charge in [-0.3, -0.25) is 0 Å². The number of H-pyrrole nitrogens is 1. The van der Waals surface area contributed by atoms with Crippen molar-refractivity contribution >= 4 is 23.6 Å². The van der Waals surface area contributed by atoms with E-state index in [0.29, 0.717) is 10.9 Å². The van der Waals surface area contributed by atoms with Crippen LogP contribution in [0.15, 0.2) is 24.3 Å². The number of hydrogen-bond donors (Lipinski definition) is 3. The van der Waals surface area contributed by atoms with Crippen LogP contribution < -0.4 is 5.59 Å².